The van der Waals surface area contributed by atoms with Crippen molar-refractivity contribution in [1.29, 1.82) is 0 Å². The third kappa shape index (κ3) is 3.39. The first-order valence-electron chi connectivity index (χ1n) is 6.80. The molecule has 0 aromatic heterocycles. The van der Waals surface area contributed by atoms with Crippen LogP contribution in [-0.4, -0.2) is 12.3 Å². The van der Waals surface area contributed by atoms with Gasteiger partial charge in [-0.05, 0) is 43.0 Å². The summed E-state index contributed by atoms with van der Waals surface area (Å²) in [6, 6.07) is 4.82. The minimum Gasteiger partial charge on any atom is -0.330 e. The Morgan fingerprint density at radius 2 is 1.85 bits per heavy atom. The summed E-state index contributed by atoms with van der Waals surface area (Å²) in [5.41, 5.74) is 5.59. The topological polar surface area (TPSA) is 43.1 Å². The molecule has 5 heteroatoms. The Bertz CT molecular complexity index is 467. The number of Topliss-reactive ketones (excluding diaryl/α,β-unsaturated/α-hetero) is 1. The molecule has 110 valence electrons. The molecule has 0 radical (unpaired) electrons. The van der Waals surface area contributed by atoms with Gasteiger partial charge in [-0.3, -0.25) is 4.79 Å². The van der Waals surface area contributed by atoms with E-state index in [2.05, 4.69) is 0 Å². The molecule has 0 saturated heterocycles. The molecule has 2 rings (SSSR count). The molecule has 20 heavy (non-hydrogen) atoms. The van der Waals surface area contributed by atoms with Gasteiger partial charge < -0.3 is 5.73 Å². The highest BCUT2D eigenvalue weighted by Gasteiger charge is 2.32. The van der Waals surface area contributed by atoms with Crippen LogP contribution in [0, 0.1) is 11.8 Å². The zero-order valence-electron chi connectivity index (χ0n) is 11.1. The normalized spacial score (nSPS) is 23.0. The lowest BCUT2D eigenvalue weighted by Gasteiger charge is -2.16. The van der Waals surface area contributed by atoms with Crippen LogP contribution in [0.2, 0.25) is 0 Å². The number of hydrogen-bond acceptors (Lipinski definition) is 2. The van der Waals surface area contributed by atoms with Crippen molar-refractivity contribution in [3.05, 3.63) is 35.4 Å². The molecule has 2 nitrogen and oxygen atoms in total. The maximum Gasteiger partial charge on any atom is 0.416 e. The van der Waals surface area contributed by atoms with Gasteiger partial charge in [-0.2, -0.15) is 13.2 Å². The Hall–Kier alpha value is -1.36. The average Bonchev–Trinajstić information content (AvgIpc) is 2.86. The molecule has 1 aromatic rings. The highest BCUT2D eigenvalue weighted by Crippen LogP contribution is 2.33. The molecule has 1 aliphatic carbocycles. The van der Waals surface area contributed by atoms with Gasteiger partial charge in [0.2, 0.25) is 0 Å². The van der Waals surface area contributed by atoms with E-state index in [9.17, 15) is 18.0 Å². The molecule has 1 aromatic carbocycles. The highest BCUT2D eigenvalue weighted by atomic mass is 19.4. The average molecular weight is 285 g/mol. The van der Waals surface area contributed by atoms with E-state index in [-0.39, 0.29) is 24.0 Å². The fourth-order valence-electron chi connectivity index (χ4n) is 2.89. The molecule has 1 fully saturated rings. The third-order valence-corrected chi connectivity index (χ3v) is 4.04. The summed E-state index contributed by atoms with van der Waals surface area (Å²) in [5, 5.41) is 0. The summed E-state index contributed by atoms with van der Waals surface area (Å²) in [4.78, 5) is 12.2. The van der Waals surface area contributed by atoms with E-state index in [1.165, 1.54) is 12.1 Å². The van der Waals surface area contributed by atoms with Gasteiger partial charge in [0.1, 0.15) is 5.78 Å². The number of rotatable bonds is 4. The van der Waals surface area contributed by atoms with Crippen LogP contribution in [0.1, 0.15) is 30.4 Å². The molecule has 2 N–H and O–H groups in total. The molecule has 2 unspecified atom stereocenters. The van der Waals surface area contributed by atoms with Gasteiger partial charge in [-0.1, -0.05) is 18.6 Å². The number of benzene rings is 1. The van der Waals surface area contributed by atoms with Crippen LogP contribution < -0.4 is 5.73 Å². The maximum atomic E-state index is 12.4. The van der Waals surface area contributed by atoms with Gasteiger partial charge in [0, 0.05) is 12.3 Å². The standard InChI is InChI=1S/C15H18F3NO/c16-15(17,18)12-6-4-10(5-7-12)8-14(20)13-3-1-2-11(13)9-19/h4-7,11,13H,1-3,8-9,19H2. The van der Waals surface area contributed by atoms with Gasteiger partial charge in [0.05, 0.1) is 5.56 Å². The maximum absolute atomic E-state index is 12.4. The number of alkyl halides is 3. The Morgan fingerprint density at radius 3 is 2.40 bits per heavy atom. The molecule has 0 aliphatic heterocycles. The molecule has 2 atom stereocenters. The predicted octanol–water partition coefficient (Wildman–Crippen LogP) is 3.19. The van der Waals surface area contributed by atoms with Crippen molar-refractivity contribution in [3.8, 4) is 0 Å². The number of nitrogens with two attached hydrogens (primary N) is 1. The molecular formula is C15H18F3NO. The zero-order chi connectivity index (χ0) is 14.8. The minimum absolute atomic E-state index is 0.0257. The van der Waals surface area contributed by atoms with E-state index < -0.39 is 11.7 Å². The summed E-state index contributed by atoms with van der Waals surface area (Å²) < 4.78 is 37.3. The van der Waals surface area contributed by atoms with Crippen molar-refractivity contribution in [3.63, 3.8) is 0 Å². The van der Waals surface area contributed by atoms with Crippen LogP contribution in [0.25, 0.3) is 0 Å². The fourth-order valence-corrected chi connectivity index (χ4v) is 2.89. The first-order chi connectivity index (χ1) is 9.41. The lowest BCUT2D eigenvalue weighted by molar-refractivity contribution is -0.137. The molecule has 0 heterocycles. The monoisotopic (exact) mass is 285 g/mol. The van der Waals surface area contributed by atoms with Crippen LogP contribution in [0.3, 0.4) is 0 Å². The van der Waals surface area contributed by atoms with E-state index >= 15 is 0 Å². The van der Waals surface area contributed by atoms with Crippen molar-refractivity contribution in [2.24, 2.45) is 17.6 Å². The number of hydrogen-bond donors (Lipinski definition) is 1. The highest BCUT2D eigenvalue weighted by molar-refractivity contribution is 5.83. The Balaban J connectivity index is 2.01. The van der Waals surface area contributed by atoms with Gasteiger partial charge in [0.25, 0.3) is 0 Å². The summed E-state index contributed by atoms with van der Waals surface area (Å²) >= 11 is 0. The number of ketones is 1. The van der Waals surface area contributed by atoms with Crippen LogP contribution in [0.5, 0.6) is 0 Å². The number of carbonyl (C=O) groups excluding carboxylic acids is 1. The smallest absolute Gasteiger partial charge is 0.330 e. The predicted molar refractivity (Wildman–Crippen MR) is 70.0 cm³/mol. The van der Waals surface area contributed by atoms with E-state index in [1.54, 1.807) is 0 Å². The molecule has 0 bridgehead atoms. The van der Waals surface area contributed by atoms with Gasteiger partial charge in [-0.15, -0.1) is 0 Å². The fraction of sp³-hybridized carbons (Fsp3) is 0.533. The second-order valence-electron chi connectivity index (χ2n) is 5.37. The molecular weight excluding hydrogens is 267 g/mol. The number of halogens is 3. The largest absolute Gasteiger partial charge is 0.416 e. The zero-order valence-corrected chi connectivity index (χ0v) is 11.1. The van der Waals surface area contributed by atoms with Gasteiger partial charge in [0.15, 0.2) is 0 Å². The van der Waals surface area contributed by atoms with Crippen LogP contribution in [0.15, 0.2) is 24.3 Å². The lowest BCUT2D eigenvalue weighted by Crippen LogP contribution is -2.26. The van der Waals surface area contributed by atoms with Crippen molar-refractivity contribution in [2.45, 2.75) is 31.9 Å². The van der Waals surface area contributed by atoms with Gasteiger partial charge >= 0.3 is 6.18 Å². The molecule has 0 amide bonds. The van der Waals surface area contributed by atoms with Crippen molar-refractivity contribution in [2.75, 3.05) is 6.54 Å². The first-order valence-corrected chi connectivity index (χ1v) is 6.80. The molecule has 1 saturated carbocycles. The summed E-state index contributed by atoms with van der Waals surface area (Å²) in [6.07, 6.45) is -1.32. The quantitative estimate of drug-likeness (QED) is 0.923. The summed E-state index contributed by atoms with van der Waals surface area (Å²) in [5.74, 6) is 0.303. The van der Waals surface area contributed by atoms with Crippen molar-refractivity contribution >= 4 is 5.78 Å². The first kappa shape index (κ1) is 15.0. The Kier molecular flexibility index (Phi) is 4.48. The molecule has 0 spiro atoms. The second kappa shape index (κ2) is 5.95. The lowest BCUT2D eigenvalue weighted by atomic mass is 9.89. The second-order valence-corrected chi connectivity index (χ2v) is 5.37. The number of carbonyl (C=O) groups is 1. The van der Waals surface area contributed by atoms with Crippen LogP contribution >= 0.6 is 0 Å². The van der Waals surface area contributed by atoms with Crippen LogP contribution in [0.4, 0.5) is 13.2 Å². The Morgan fingerprint density at radius 1 is 1.20 bits per heavy atom. The summed E-state index contributed by atoms with van der Waals surface area (Å²) in [6.45, 7) is 0.503. The van der Waals surface area contributed by atoms with Crippen LogP contribution in [-0.2, 0) is 17.4 Å². The van der Waals surface area contributed by atoms with E-state index in [1.807, 2.05) is 0 Å². The Labute approximate surface area is 116 Å². The SMILES string of the molecule is NCC1CCCC1C(=O)Cc1ccc(C(F)(F)F)cc1. The summed E-state index contributed by atoms with van der Waals surface area (Å²) in [7, 11) is 0. The van der Waals surface area contributed by atoms with E-state index in [4.69, 9.17) is 5.73 Å². The van der Waals surface area contributed by atoms with Crippen molar-refractivity contribution in [1.82, 2.24) is 0 Å². The van der Waals surface area contributed by atoms with Gasteiger partial charge in [-0.25, -0.2) is 0 Å². The minimum atomic E-state index is -4.33. The van der Waals surface area contributed by atoms with E-state index in [0.29, 0.717) is 12.1 Å². The van der Waals surface area contributed by atoms with Crippen molar-refractivity contribution < 1.29 is 18.0 Å². The molecule has 1 aliphatic rings. The third-order valence-electron chi connectivity index (χ3n) is 4.04. The van der Waals surface area contributed by atoms with E-state index in [0.717, 1.165) is 31.4 Å².